The van der Waals surface area contributed by atoms with Crippen LogP contribution in [0.1, 0.15) is 13.8 Å². The van der Waals surface area contributed by atoms with E-state index in [0.29, 0.717) is 39.4 Å². The van der Waals surface area contributed by atoms with Crippen molar-refractivity contribution in [1.82, 2.24) is 19.7 Å². The van der Waals surface area contributed by atoms with Gasteiger partial charge < -0.3 is 11.1 Å². The number of hydrogen-bond donors (Lipinski definition) is 2. The molecule has 0 unspecified atom stereocenters. The number of nitrogens with zero attached hydrogens (tertiary/aromatic N) is 5. The number of anilines is 2. The van der Waals surface area contributed by atoms with E-state index in [2.05, 4.69) is 25.4 Å². The van der Waals surface area contributed by atoms with Gasteiger partial charge in [-0.15, -0.1) is 0 Å². The summed E-state index contributed by atoms with van der Waals surface area (Å²) in [4.78, 5) is 12.7. The smallest absolute Gasteiger partial charge is 0.157 e. The molecule has 0 aliphatic rings. The lowest BCUT2D eigenvalue weighted by Crippen LogP contribution is -2.01. The maximum atomic E-state index is 13.2. The van der Waals surface area contributed by atoms with E-state index in [-0.39, 0.29) is 5.82 Å². The molecule has 0 spiro atoms. The van der Waals surface area contributed by atoms with E-state index < -0.39 is 0 Å². The van der Waals surface area contributed by atoms with Crippen LogP contribution in [0.2, 0.25) is 5.02 Å². The molecule has 0 atom stereocenters. The topological polar surface area (TPSA) is 94.0 Å². The maximum Gasteiger partial charge on any atom is 0.157 e. The molecule has 0 aliphatic carbocycles. The highest BCUT2D eigenvalue weighted by atomic mass is 35.5. The lowest BCUT2D eigenvalue weighted by Gasteiger charge is -2.06. The van der Waals surface area contributed by atoms with Crippen molar-refractivity contribution < 1.29 is 4.39 Å². The molecule has 1 aromatic carbocycles. The first kappa shape index (κ1) is 19.5. The first-order valence-electron chi connectivity index (χ1n) is 8.40. The molecule has 0 fully saturated rings. The molecule has 0 saturated carbocycles. The Bertz CT molecular complexity index is 1050. The monoisotopic (exact) mass is 399 g/mol. The third-order valence-electron chi connectivity index (χ3n) is 3.73. The predicted octanol–water partition coefficient (Wildman–Crippen LogP) is 4.37. The van der Waals surface area contributed by atoms with Gasteiger partial charge >= 0.3 is 0 Å². The minimum Gasteiger partial charge on any atom is -0.402 e. The standard InChI is InChI=1S/C19H19ClFN7/c1-11(22)8-12(2)25-15-9-16(24-10-23-15)26-19-17(20)18(27-28(19)3)13-4-6-14(21)7-5-13/h4-10H,22H2,1-3H3,(H,23,24,26). The number of aromatic nitrogens is 4. The Hall–Kier alpha value is -3.26. The summed E-state index contributed by atoms with van der Waals surface area (Å²) in [6.07, 6.45) is 3.15. The van der Waals surface area contributed by atoms with E-state index in [1.165, 1.54) is 18.5 Å². The molecule has 3 N–H and O–H groups in total. The van der Waals surface area contributed by atoms with Crippen LogP contribution in [0, 0.1) is 5.82 Å². The van der Waals surface area contributed by atoms with Crippen molar-refractivity contribution in [1.29, 1.82) is 0 Å². The van der Waals surface area contributed by atoms with E-state index in [0.717, 1.165) is 5.71 Å². The summed E-state index contributed by atoms with van der Waals surface area (Å²) in [5.41, 5.74) is 8.29. The molecule has 28 heavy (non-hydrogen) atoms. The van der Waals surface area contributed by atoms with E-state index in [1.807, 2.05) is 6.92 Å². The molecule has 0 radical (unpaired) electrons. The van der Waals surface area contributed by atoms with Crippen molar-refractivity contribution in [3.05, 3.63) is 59.3 Å². The Labute approximate surface area is 166 Å². The molecule has 3 aromatic rings. The fourth-order valence-electron chi connectivity index (χ4n) is 2.57. The van der Waals surface area contributed by atoms with Crippen LogP contribution in [0.3, 0.4) is 0 Å². The summed E-state index contributed by atoms with van der Waals surface area (Å²) in [6.45, 7) is 3.62. The summed E-state index contributed by atoms with van der Waals surface area (Å²) < 4.78 is 14.8. The van der Waals surface area contributed by atoms with Gasteiger partial charge in [0.25, 0.3) is 0 Å². The average Bonchev–Trinajstić information content (AvgIpc) is 2.90. The molecular weight excluding hydrogens is 381 g/mol. The largest absolute Gasteiger partial charge is 0.402 e. The van der Waals surface area contributed by atoms with E-state index >= 15 is 0 Å². The summed E-state index contributed by atoms with van der Waals surface area (Å²) in [5, 5.41) is 7.95. The van der Waals surface area contributed by atoms with Crippen LogP contribution < -0.4 is 11.1 Å². The Morgan fingerprint density at radius 1 is 1.25 bits per heavy atom. The molecule has 2 heterocycles. The SMILES string of the molecule is CC(N)=CC(C)=Nc1cc(Nc2c(Cl)c(-c3ccc(F)cc3)nn2C)ncn1. The van der Waals surface area contributed by atoms with Gasteiger partial charge in [-0.2, -0.15) is 5.10 Å². The lowest BCUT2D eigenvalue weighted by atomic mass is 10.1. The first-order valence-corrected chi connectivity index (χ1v) is 8.78. The molecule has 2 aromatic heterocycles. The molecule has 0 aliphatic heterocycles. The van der Waals surface area contributed by atoms with Crippen molar-refractivity contribution in [2.75, 3.05) is 5.32 Å². The van der Waals surface area contributed by atoms with Crippen molar-refractivity contribution in [3.63, 3.8) is 0 Å². The fourth-order valence-corrected chi connectivity index (χ4v) is 2.88. The molecular formula is C19H19ClFN7. The predicted molar refractivity (Wildman–Crippen MR) is 110 cm³/mol. The number of nitrogens with two attached hydrogens (primary N) is 1. The second-order valence-corrected chi connectivity index (χ2v) is 6.55. The van der Waals surface area contributed by atoms with Crippen molar-refractivity contribution >= 4 is 34.8 Å². The second kappa shape index (κ2) is 8.18. The second-order valence-electron chi connectivity index (χ2n) is 6.17. The third kappa shape index (κ3) is 4.52. The number of halogens is 2. The molecule has 144 valence electrons. The summed E-state index contributed by atoms with van der Waals surface area (Å²) in [7, 11) is 1.75. The third-order valence-corrected chi connectivity index (χ3v) is 4.09. The number of aryl methyl sites for hydroxylation is 1. The number of hydrogen-bond acceptors (Lipinski definition) is 6. The van der Waals surface area contributed by atoms with Gasteiger partial charge in [-0.25, -0.2) is 19.4 Å². The number of benzene rings is 1. The Balaban J connectivity index is 1.89. The zero-order chi connectivity index (χ0) is 20.3. The maximum absolute atomic E-state index is 13.2. The van der Waals surface area contributed by atoms with Gasteiger partial charge in [0.2, 0.25) is 0 Å². The van der Waals surface area contributed by atoms with Crippen LogP contribution in [-0.4, -0.2) is 25.5 Å². The van der Waals surface area contributed by atoms with E-state index in [9.17, 15) is 4.39 Å². The van der Waals surface area contributed by atoms with Crippen molar-refractivity contribution in [2.24, 2.45) is 17.8 Å². The number of nitrogens with one attached hydrogen (secondary N) is 1. The molecule has 0 saturated heterocycles. The zero-order valence-electron chi connectivity index (χ0n) is 15.6. The highest BCUT2D eigenvalue weighted by molar-refractivity contribution is 6.35. The summed E-state index contributed by atoms with van der Waals surface area (Å²) >= 11 is 6.50. The van der Waals surface area contributed by atoms with Crippen LogP contribution in [0.25, 0.3) is 11.3 Å². The van der Waals surface area contributed by atoms with Gasteiger partial charge in [-0.1, -0.05) is 11.6 Å². The summed E-state index contributed by atoms with van der Waals surface area (Å²) in [6, 6.07) is 7.66. The van der Waals surface area contributed by atoms with Gasteiger partial charge in [-0.05, 0) is 44.2 Å². The molecule has 9 heteroatoms. The molecule has 0 bridgehead atoms. The van der Waals surface area contributed by atoms with Gasteiger partial charge in [0.15, 0.2) is 5.82 Å². The van der Waals surface area contributed by atoms with Gasteiger partial charge in [-0.3, -0.25) is 4.68 Å². The Morgan fingerprint density at radius 3 is 2.64 bits per heavy atom. The van der Waals surface area contributed by atoms with Crippen LogP contribution in [0.15, 0.2) is 53.4 Å². The van der Waals surface area contributed by atoms with E-state index in [1.54, 1.807) is 42.9 Å². The molecule has 7 nitrogen and oxygen atoms in total. The molecule has 0 amide bonds. The van der Waals surface area contributed by atoms with Crippen LogP contribution in [-0.2, 0) is 7.05 Å². The highest BCUT2D eigenvalue weighted by Gasteiger charge is 2.16. The average molecular weight is 400 g/mol. The highest BCUT2D eigenvalue weighted by Crippen LogP contribution is 2.34. The summed E-state index contributed by atoms with van der Waals surface area (Å²) in [5.74, 6) is 1.21. The number of allylic oxidation sites excluding steroid dienone is 2. The van der Waals surface area contributed by atoms with Crippen LogP contribution >= 0.6 is 11.6 Å². The van der Waals surface area contributed by atoms with Gasteiger partial charge in [0.05, 0.1) is 0 Å². The van der Waals surface area contributed by atoms with E-state index in [4.69, 9.17) is 17.3 Å². The Kier molecular flexibility index (Phi) is 5.70. The van der Waals surface area contributed by atoms with Crippen molar-refractivity contribution in [2.45, 2.75) is 13.8 Å². The lowest BCUT2D eigenvalue weighted by molar-refractivity contribution is 0.628. The van der Waals surface area contributed by atoms with Gasteiger partial charge in [0, 0.05) is 30.1 Å². The number of rotatable bonds is 5. The minimum absolute atomic E-state index is 0.321. The van der Waals surface area contributed by atoms with Crippen LogP contribution in [0.5, 0.6) is 0 Å². The van der Waals surface area contributed by atoms with Gasteiger partial charge in [0.1, 0.15) is 34.5 Å². The Morgan fingerprint density at radius 2 is 1.96 bits per heavy atom. The minimum atomic E-state index is -0.321. The fraction of sp³-hybridized carbons (Fsp3) is 0.158. The first-order chi connectivity index (χ1) is 13.3. The normalized spacial score (nSPS) is 12.3. The quantitative estimate of drug-likeness (QED) is 0.621. The van der Waals surface area contributed by atoms with Crippen molar-refractivity contribution in [3.8, 4) is 11.3 Å². The molecule has 3 rings (SSSR count). The number of aliphatic imine (C=N–C) groups is 1. The zero-order valence-corrected chi connectivity index (χ0v) is 16.4. The van der Waals surface area contributed by atoms with Crippen LogP contribution in [0.4, 0.5) is 21.8 Å².